The molecule has 0 bridgehead atoms. The lowest BCUT2D eigenvalue weighted by atomic mass is 9.86. The number of nitrogens with one attached hydrogen (secondary N) is 1. The second kappa shape index (κ2) is 5.65. The first-order chi connectivity index (χ1) is 8.15. The first-order valence-corrected chi connectivity index (χ1v) is 6.33. The summed E-state index contributed by atoms with van der Waals surface area (Å²) in [5, 5.41) is 3.36. The number of nitrogens with zero attached hydrogens (tertiary/aromatic N) is 1. The van der Waals surface area contributed by atoms with Gasteiger partial charge in [-0.1, -0.05) is 11.6 Å². The number of rotatable bonds is 3. The molecule has 0 aliphatic heterocycles. The number of nitrogens with two attached hydrogens (primary N) is 1. The van der Waals surface area contributed by atoms with Gasteiger partial charge in [0, 0.05) is 18.8 Å². The van der Waals surface area contributed by atoms with Crippen LogP contribution in [0.2, 0.25) is 5.02 Å². The maximum absolute atomic E-state index is 13.4. The molecule has 0 amide bonds. The number of pyridine rings is 1. The molecule has 2 rings (SSSR count). The van der Waals surface area contributed by atoms with E-state index in [1.54, 1.807) is 0 Å². The van der Waals surface area contributed by atoms with Crippen molar-refractivity contribution in [2.75, 3.05) is 11.9 Å². The molecule has 1 heterocycles. The minimum absolute atomic E-state index is 0.282. The summed E-state index contributed by atoms with van der Waals surface area (Å²) in [6.45, 7) is 0.748. The maximum atomic E-state index is 13.4. The molecule has 1 saturated carbocycles. The minimum Gasteiger partial charge on any atom is -0.367 e. The van der Waals surface area contributed by atoms with Crippen molar-refractivity contribution >= 4 is 17.4 Å². The van der Waals surface area contributed by atoms with Gasteiger partial charge in [0.25, 0.3) is 0 Å². The van der Waals surface area contributed by atoms with Crippen LogP contribution in [0.25, 0.3) is 0 Å². The molecule has 0 aromatic carbocycles. The Morgan fingerprint density at radius 2 is 2.12 bits per heavy atom. The predicted octanol–water partition coefficient (Wildman–Crippen LogP) is 2.80. The Labute approximate surface area is 106 Å². The summed E-state index contributed by atoms with van der Waals surface area (Å²) >= 11 is 5.64. The lowest BCUT2D eigenvalue weighted by Crippen LogP contribution is -2.29. The van der Waals surface area contributed by atoms with E-state index in [4.69, 9.17) is 17.3 Å². The van der Waals surface area contributed by atoms with Gasteiger partial charge in [0.05, 0.1) is 5.02 Å². The van der Waals surface area contributed by atoms with Gasteiger partial charge in [0.15, 0.2) is 11.6 Å². The Bertz CT molecular complexity index is 378. The van der Waals surface area contributed by atoms with Crippen molar-refractivity contribution in [1.82, 2.24) is 4.98 Å². The summed E-state index contributed by atoms with van der Waals surface area (Å²) in [4.78, 5) is 3.93. The van der Waals surface area contributed by atoms with Crippen molar-refractivity contribution in [3.63, 3.8) is 0 Å². The lowest BCUT2D eigenvalue weighted by Gasteiger charge is -2.26. The predicted molar refractivity (Wildman–Crippen MR) is 67.6 cm³/mol. The summed E-state index contributed by atoms with van der Waals surface area (Å²) in [5.74, 6) is 0.445. The minimum atomic E-state index is -0.398. The van der Waals surface area contributed by atoms with Gasteiger partial charge in [-0.25, -0.2) is 9.37 Å². The second-order valence-corrected chi connectivity index (χ2v) is 5.08. The largest absolute Gasteiger partial charge is 0.367 e. The van der Waals surface area contributed by atoms with E-state index in [1.807, 2.05) is 0 Å². The van der Waals surface area contributed by atoms with E-state index in [2.05, 4.69) is 10.3 Å². The van der Waals surface area contributed by atoms with Crippen LogP contribution < -0.4 is 11.1 Å². The quantitative estimate of drug-likeness (QED) is 0.876. The number of halogens is 2. The molecule has 0 atom stereocenters. The van der Waals surface area contributed by atoms with Gasteiger partial charge in [-0.2, -0.15) is 0 Å². The van der Waals surface area contributed by atoms with E-state index >= 15 is 0 Å². The topological polar surface area (TPSA) is 50.9 Å². The maximum Gasteiger partial charge on any atom is 0.166 e. The molecule has 17 heavy (non-hydrogen) atoms. The lowest BCUT2D eigenvalue weighted by molar-refractivity contribution is 0.338. The Morgan fingerprint density at radius 3 is 2.76 bits per heavy atom. The zero-order valence-corrected chi connectivity index (χ0v) is 10.4. The van der Waals surface area contributed by atoms with E-state index in [-0.39, 0.29) is 5.82 Å². The number of aromatic nitrogens is 1. The zero-order chi connectivity index (χ0) is 12.3. The van der Waals surface area contributed by atoms with E-state index in [0.717, 1.165) is 32.2 Å². The van der Waals surface area contributed by atoms with Crippen LogP contribution in [-0.4, -0.2) is 17.6 Å². The fraction of sp³-hybridized carbons (Fsp3) is 0.583. The van der Waals surface area contributed by atoms with E-state index in [1.165, 1.54) is 12.3 Å². The number of hydrogen-bond acceptors (Lipinski definition) is 3. The van der Waals surface area contributed by atoms with Crippen LogP contribution in [0, 0.1) is 11.7 Å². The molecule has 1 aliphatic carbocycles. The highest BCUT2D eigenvalue weighted by atomic mass is 35.5. The van der Waals surface area contributed by atoms with Crippen molar-refractivity contribution in [3.8, 4) is 0 Å². The third kappa shape index (κ3) is 3.54. The van der Waals surface area contributed by atoms with Crippen LogP contribution in [0.5, 0.6) is 0 Å². The Kier molecular flexibility index (Phi) is 4.18. The summed E-state index contributed by atoms with van der Waals surface area (Å²) in [6.07, 6.45) is 5.77. The first-order valence-electron chi connectivity index (χ1n) is 5.95. The van der Waals surface area contributed by atoms with Gasteiger partial charge in [-0.15, -0.1) is 0 Å². The number of anilines is 1. The first kappa shape index (κ1) is 12.6. The summed E-state index contributed by atoms with van der Waals surface area (Å²) < 4.78 is 13.4. The van der Waals surface area contributed by atoms with E-state index < -0.39 is 5.82 Å². The smallest absolute Gasteiger partial charge is 0.166 e. The molecule has 3 nitrogen and oxygen atoms in total. The van der Waals surface area contributed by atoms with Crippen molar-refractivity contribution in [1.29, 1.82) is 0 Å². The molecule has 1 aliphatic rings. The molecule has 3 N–H and O–H groups in total. The Balaban J connectivity index is 1.85. The number of hydrogen-bond donors (Lipinski definition) is 2. The van der Waals surface area contributed by atoms with Gasteiger partial charge < -0.3 is 11.1 Å². The summed E-state index contributed by atoms with van der Waals surface area (Å²) in [6, 6.07) is 1.62. The molecular weight excluding hydrogens is 241 g/mol. The molecule has 1 aromatic heterocycles. The second-order valence-electron chi connectivity index (χ2n) is 4.65. The van der Waals surface area contributed by atoms with Crippen LogP contribution in [-0.2, 0) is 0 Å². The molecule has 0 saturated heterocycles. The van der Waals surface area contributed by atoms with E-state index in [9.17, 15) is 4.39 Å². The van der Waals surface area contributed by atoms with Crippen molar-refractivity contribution in [2.45, 2.75) is 31.7 Å². The molecule has 5 heteroatoms. The average Bonchev–Trinajstić information content (AvgIpc) is 2.30. The Hall–Kier alpha value is -0.870. The van der Waals surface area contributed by atoms with Gasteiger partial charge in [-0.3, -0.25) is 0 Å². The highest BCUT2D eigenvalue weighted by Crippen LogP contribution is 2.24. The van der Waals surface area contributed by atoms with Crippen molar-refractivity contribution in [2.24, 2.45) is 11.7 Å². The summed E-state index contributed by atoms with van der Waals surface area (Å²) in [5.41, 5.74) is 5.84. The molecule has 1 aromatic rings. The van der Waals surface area contributed by atoms with Crippen LogP contribution in [0.3, 0.4) is 0 Å². The van der Waals surface area contributed by atoms with Crippen molar-refractivity contribution in [3.05, 3.63) is 23.1 Å². The van der Waals surface area contributed by atoms with Crippen LogP contribution in [0.4, 0.5) is 10.2 Å². The molecular formula is C12H17ClFN3. The average molecular weight is 258 g/mol. The standard InChI is InChI=1S/C12H17ClFN3/c13-9-5-11(14)12(17-7-9)16-6-8-1-3-10(15)4-2-8/h5,7-8,10H,1-4,6,15H2,(H,16,17). The van der Waals surface area contributed by atoms with Crippen LogP contribution in [0.15, 0.2) is 12.3 Å². The summed E-state index contributed by atoms with van der Waals surface area (Å²) in [7, 11) is 0. The van der Waals surface area contributed by atoms with Gasteiger partial charge in [0.2, 0.25) is 0 Å². The SMILES string of the molecule is NC1CCC(CNc2ncc(Cl)cc2F)CC1. The van der Waals surface area contributed by atoms with Crippen LogP contribution >= 0.6 is 11.6 Å². The fourth-order valence-corrected chi connectivity index (χ4v) is 2.32. The monoisotopic (exact) mass is 257 g/mol. The molecule has 0 unspecified atom stereocenters. The van der Waals surface area contributed by atoms with Crippen molar-refractivity contribution < 1.29 is 4.39 Å². The third-order valence-corrected chi connectivity index (χ3v) is 3.46. The molecule has 0 radical (unpaired) electrons. The fourth-order valence-electron chi connectivity index (χ4n) is 2.18. The zero-order valence-electron chi connectivity index (χ0n) is 9.63. The molecule has 1 fully saturated rings. The van der Waals surface area contributed by atoms with Crippen LogP contribution in [0.1, 0.15) is 25.7 Å². The normalized spacial score (nSPS) is 24.6. The van der Waals surface area contributed by atoms with Gasteiger partial charge in [-0.05, 0) is 37.7 Å². The van der Waals surface area contributed by atoms with Gasteiger partial charge >= 0.3 is 0 Å². The van der Waals surface area contributed by atoms with E-state index in [0.29, 0.717) is 17.0 Å². The third-order valence-electron chi connectivity index (χ3n) is 3.26. The highest BCUT2D eigenvalue weighted by Gasteiger charge is 2.18. The Morgan fingerprint density at radius 1 is 1.41 bits per heavy atom. The molecule has 94 valence electrons. The molecule has 0 spiro atoms. The van der Waals surface area contributed by atoms with Gasteiger partial charge in [0.1, 0.15) is 0 Å². The highest BCUT2D eigenvalue weighted by molar-refractivity contribution is 6.30.